The quantitative estimate of drug-likeness (QED) is 0.619. The molecule has 2 aromatic heterocycles. The topological polar surface area (TPSA) is 12.0 Å². The molecule has 0 amide bonds. The van der Waals surface area contributed by atoms with Crippen molar-refractivity contribution >= 4 is 54.5 Å². The van der Waals surface area contributed by atoms with Gasteiger partial charge in [0.1, 0.15) is 0 Å². The first-order valence-electron chi connectivity index (χ1n) is 6.28. The van der Waals surface area contributed by atoms with Crippen LogP contribution in [0.15, 0.2) is 20.4 Å². The fourth-order valence-electron chi connectivity index (χ4n) is 1.88. The van der Waals surface area contributed by atoms with Crippen LogP contribution in [-0.4, -0.2) is 6.54 Å². The molecule has 0 aliphatic heterocycles. The van der Waals surface area contributed by atoms with Crippen LogP contribution in [0.25, 0.3) is 0 Å². The minimum Gasteiger partial charge on any atom is -0.305 e. The molecule has 0 aliphatic rings. The Morgan fingerprint density at radius 2 is 1.84 bits per heavy atom. The maximum absolute atomic E-state index is 3.66. The largest absolute Gasteiger partial charge is 0.305 e. The summed E-state index contributed by atoms with van der Waals surface area (Å²) in [7, 11) is 0. The van der Waals surface area contributed by atoms with Gasteiger partial charge in [0.15, 0.2) is 0 Å². The zero-order chi connectivity index (χ0) is 14.0. The first-order valence-corrected chi connectivity index (χ1v) is 9.49. The average Bonchev–Trinajstić information content (AvgIpc) is 2.85. The normalized spacial score (nSPS) is 12.9. The lowest BCUT2D eigenvalue weighted by atomic mass is 10.1. The number of hydrogen-bond acceptors (Lipinski definition) is 3. The van der Waals surface area contributed by atoms with Crippen molar-refractivity contribution in [3.8, 4) is 0 Å². The summed E-state index contributed by atoms with van der Waals surface area (Å²) in [5, 5.41) is 3.66. The molecule has 104 valence electrons. The summed E-state index contributed by atoms with van der Waals surface area (Å²) < 4.78 is 2.30. The summed E-state index contributed by atoms with van der Waals surface area (Å²) in [5.74, 6) is 0. The Hall–Kier alpha value is 0.320. The summed E-state index contributed by atoms with van der Waals surface area (Å²) >= 11 is 10.9. The smallest absolute Gasteiger partial charge is 0.0843 e. The third kappa shape index (κ3) is 3.70. The minimum atomic E-state index is 0.310. The van der Waals surface area contributed by atoms with Gasteiger partial charge in [-0.05, 0) is 76.4 Å². The zero-order valence-corrected chi connectivity index (χ0v) is 16.0. The van der Waals surface area contributed by atoms with Gasteiger partial charge in [0.25, 0.3) is 0 Å². The second-order valence-electron chi connectivity index (χ2n) is 4.55. The Morgan fingerprint density at radius 1 is 1.16 bits per heavy atom. The molecule has 1 nitrogen and oxygen atoms in total. The SMILES string of the molecule is CCCNC(c1cc(C)c(C)s1)c1cc(Br)c(Br)s1. The highest BCUT2D eigenvalue weighted by atomic mass is 79.9. The van der Waals surface area contributed by atoms with Gasteiger partial charge in [-0.1, -0.05) is 6.92 Å². The van der Waals surface area contributed by atoms with Gasteiger partial charge in [0, 0.05) is 19.1 Å². The number of halogens is 2. The van der Waals surface area contributed by atoms with Crippen molar-refractivity contribution in [3.05, 3.63) is 40.6 Å². The number of aryl methyl sites for hydroxylation is 2. The highest BCUT2D eigenvalue weighted by Gasteiger charge is 2.19. The molecule has 0 aliphatic carbocycles. The van der Waals surface area contributed by atoms with E-state index in [2.05, 4.69) is 70.1 Å². The van der Waals surface area contributed by atoms with Crippen LogP contribution in [0, 0.1) is 13.8 Å². The van der Waals surface area contributed by atoms with Crippen molar-refractivity contribution in [1.82, 2.24) is 5.32 Å². The highest BCUT2D eigenvalue weighted by molar-refractivity contribution is 9.13. The van der Waals surface area contributed by atoms with E-state index in [1.165, 1.54) is 20.2 Å². The van der Waals surface area contributed by atoms with Gasteiger partial charge in [-0.2, -0.15) is 0 Å². The first kappa shape index (κ1) is 15.7. The first-order chi connectivity index (χ1) is 9.02. The molecular formula is C14H17Br2NS2. The minimum absolute atomic E-state index is 0.310. The Labute approximate surface area is 139 Å². The summed E-state index contributed by atoms with van der Waals surface area (Å²) in [6.45, 7) is 7.62. The molecule has 0 radical (unpaired) electrons. The molecule has 0 fully saturated rings. The van der Waals surface area contributed by atoms with E-state index in [1.807, 2.05) is 11.3 Å². The molecule has 2 rings (SSSR count). The van der Waals surface area contributed by atoms with Gasteiger partial charge in [-0.25, -0.2) is 0 Å². The van der Waals surface area contributed by atoms with E-state index in [1.54, 1.807) is 11.3 Å². The Kier molecular flexibility index (Phi) is 5.66. The Morgan fingerprint density at radius 3 is 2.32 bits per heavy atom. The summed E-state index contributed by atoms with van der Waals surface area (Å²) in [6, 6.07) is 4.84. The van der Waals surface area contributed by atoms with Crippen molar-refractivity contribution in [1.29, 1.82) is 0 Å². The molecule has 0 bridgehead atoms. The van der Waals surface area contributed by atoms with Gasteiger partial charge in [0.2, 0.25) is 0 Å². The third-order valence-electron chi connectivity index (χ3n) is 3.02. The zero-order valence-electron chi connectivity index (χ0n) is 11.2. The van der Waals surface area contributed by atoms with Crippen molar-refractivity contribution < 1.29 is 0 Å². The number of rotatable bonds is 5. The Balaban J connectivity index is 2.34. The molecule has 0 aromatic carbocycles. The highest BCUT2D eigenvalue weighted by Crippen LogP contribution is 2.39. The van der Waals surface area contributed by atoms with Crippen molar-refractivity contribution in [2.45, 2.75) is 33.2 Å². The average molecular weight is 423 g/mol. The van der Waals surface area contributed by atoms with E-state index in [0.29, 0.717) is 6.04 Å². The molecular weight excluding hydrogens is 406 g/mol. The van der Waals surface area contributed by atoms with Crippen LogP contribution >= 0.6 is 54.5 Å². The molecule has 0 saturated heterocycles. The second kappa shape index (κ2) is 6.85. The van der Waals surface area contributed by atoms with Gasteiger partial charge < -0.3 is 5.32 Å². The number of nitrogens with one attached hydrogen (secondary N) is 1. The van der Waals surface area contributed by atoms with E-state index in [0.717, 1.165) is 21.2 Å². The van der Waals surface area contributed by atoms with Gasteiger partial charge in [-0.3, -0.25) is 0 Å². The molecule has 2 heterocycles. The summed E-state index contributed by atoms with van der Waals surface area (Å²) in [6.07, 6.45) is 1.15. The van der Waals surface area contributed by atoms with Crippen LogP contribution in [0.1, 0.15) is 39.6 Å². The summed E-state index contributed by atoms with van der Waals surface area (Å²) in [5.41, 5.74) is 1.39. The lowest BCUT2D eigenvalue weighted by Gasteiger charge is -2.15. The standard InChI is InChI=1S/C14H17Br2NS2/c1-4-5-17-13(11-6-8(2)9(3)18-11)12-7-10(15)14(16)19-12/h6-7,13,17H,4-5H2,1-3H3. The van der Waals surface area contributed by atoms with E-state index in [9.17, 15) is 0 Å². The van der Waals surface area contributed by atoms with Crippen LogP contribution in [0.5, 0.6) is 0 Å². The lowest BCUT2D eigenvalue weighted by Crippen LogP contribution is -2.21. The van der Waals surface area contributed by atoms with E-state index < -0.39 is 0 Å². The van der Waals surface area contributed by atoms with Crippen LogP contribution in [0.4, 0.5) is 0 Å². The molecule has 1 atom stereocenters. The van der Waals surface area contributed by atoms with Gasteiger partial charge in [-0.15, -0.1) is 22.7 Å². The predicted octanol–water partition coefficient (Wildman–Crippen LogP) is 6.04. The van der Waals surface area contributed by atoms with Gasteiger partial charge in [0.05, 0.1) is 9.83 Å². The molecule has 2 aromatic rings. The fraction of sp³-hybridized carbons (Fsp3) is 0.429. The van der Waals surface area contributed by atoms with Crippen molar-refractivity contribution in [2.24, 2.45) is 0 Å². The summed E-state index contributed by atoms with van der Waals surface area (Å²) in [4.78, 5) is 4.17. The van der Waals surface area contributed by atoms with Crippen molar-refractivity contribution in [3.63, 3.8) is 0 Å². The van der Waals surface area contributed by atoms with Gasteiger partial charge >= 0.3 is 0 Å². The molecule has 5 heteroatoms. The predicted molar refractivity (Wildman–Crippen MR) is 93.6 cm³/mol. The number of hydrogen-bond donors (Lipinski definition) is 1. The molecule has 1 unspecified atom stereocenters. The Bertz CT molecular complexity index is 475. The van der Waals surface area contributed by atoms with E-state index >= 15 is 0 Å². The maximum atomic E-state index is 3.66. The maximum Gasteiger partial charge on any atom is 0.0843 e. The number of thiophene rings is 2. The van der Waals surface area contributed by atoms with E-state index in [-0.39, 0.29) is 0 Å². The van der Waals surface area contributed by atoms with Crippen molar-refractivity contribution in [2.75, 3.05) is 6.54 Å². The molecule has 0 spiro atoms. The third-order valence-corrected chi connectivity index (χ3v) is 7.56. The monoisotopic (exact) mass is 421 g/mol. The molecule has 19 heavy (non-hydrogen) atoms. The second-order valence-corrected chi connectivity index (χ2v) is 9.09. The van der Waals surface area contributed by atoms with Crippen LogP contribution < -0.4 is 5.32 Å². The van der Waals surface area contributed by atoms with E-state index in [4.69, 9.17) is 0 Å². The van der Waals surface area contributed by atoms with Crippen LogP contribution in [0.3, 0.4) is 0 Å². The molecule has 1 N–H and O–H groups in total. The van der Waals surface area contributed by atoms with Crippen LogP contribution in [-0.2, 0) is 0 Å². The fourth-order valence-corrected chi connectivity index (χ4v) is 5.28. The van der Waals surface area contributed by atoms with Crippen LogP contribution in [0.2, 0.25) is 0 Å². The lowest BCUT2D eigenvalue weighted by molar-refractivity contribution is 0.613. The molecule has 0 saturated carbocycles.